The van der Waals surface area contributed by atoms with Gasteiger partial charge in [-0.15, -0.1) is 46.7 Å². The van der Waals surface area contributed by atoms with Gasteiger partial charge in [0, 0.05) is 0 Å². The van der Waals surface area contributed by atoms with Crippen molar-refractivity contribution in [2.24, 2.45) is 5.92 Å². The molecule has 5 aromatic rings. The Morgan fingerprint density at radius 3 is 1.51 bits per heavy atom. The molecule has 0 nitrogen and oxygen atoms in total. The van der Waals surface area contributed by atoms with Crippen molar-refractivity contribution in [2.45, 2.75) is 47.5 Å². The van der Waals surface area contributed by atoms with Gasteiger partial charge in [0.1, 0.15) is 0 Å². The average Bonchev–Trinajstić information content (AvgIpc) is 3.51. The maximum atomic E-state index is 3.22. The van der Waals surface area contributed by atoms with Gasteiger partial charge in [0.2, 0.25) is 0 Å². The van der Waals surface area contributed by atoms with E-state index in [1.165, 1.54) is 82.4 Å². The summed E-state index contributed by atoms with van der Waals surface area (Å²) in [5.74, 6) is 0.565. The standard InChI is InChI=1S/C17H17.C13H10.C8H11.Zr/c1-3-12-5-7-16-14(9-12)11-15-10-13(4-2)6-8-17(15)16;1-3-7-12(8-4-1)11-13-9-5-2-6-10-13;1-6-4-5-7(2)8(6)3;/h5-11H,3-4H2,1-2H3;1-10H;4,7H,1-3H3;/q-1;;-1;+2. The van der Waals surface area contributed by atoms with Crippen LogP contribution in [0.5, 0.6) is 0 Å². The van der Waals surface area contributed by atoms with E-state index in [-0.39, 0.29) is 0 Å². The molecular weight excluding hydrogens is 548 g/mol. The van der Waals surface area contributed by atoms with E-state index < -0.39 is 0 Å². The molecule has 1 atom stereocenters. The van der Waals surface area contributed by atoms with Crippen LogP contribution in [0.2, 0.25) is 0 Å². The first kappa shape index (κ1) is 29.0. The van der Waals surface area contributed by atoms with Gasteiger partial charge in [0.05, 0.1) is 0 Å². The Morgan fingerprint density at radius 1 is 0.718 bits per heavy atom. The van der Waals surface area contributed by atoms with Crippen LogP contribution in [0.15, 0.2) is 120 Å². The molecule has 0 spiro atoms. The molecule has 0 heterocycles. The SMILES string of the molecule is CC1=C(C)C(C)[C-]=C1.CCc1ccc2c(c1)[cH-]c1cc(CC)ccc12.[Zr+2]=[C](c1ccccc1)c1ccccc1. The van der Waals surface area contributed by atoms with Gasteiger partial charge in [-0.3, -0.25) is 6.08 Å². The predicted molar refractivity (Wildman–Crippen MR) is 167 cm³/mol. The molecule has 0 saturated heterocycles. The third-order valence-corrected chi connectivity index (χ3v) is 9.02. The van der Waals surface area contributed by atoms with Crippen molar-refractivity contribution in [3.8, 4) is 0 Å². The fourth-order valence-electron chi connectivity index (χ4n) is 4.77. The summed E-state index contributed by atoms with van der Waals surface area (Å²) >= 11 is 1.46. The van der Waals surface area contributed by atoms with Crippen LogP contribution in [-0.2, 0) is 37.1 Å². The second kappa shape index (κ2) is 13.9. The van der Waals surface area contributed by atoms with Gasteiger partial charge >= 0.3 is 99.2 Å². The summed E-state index contributed by atoms with van der Waals surface area (Å²) in [6, 6.07) is 37.1. The number of fused-ring (bicyclic) bond motifs is 3. The van der Waals surface area contributed by atoms with Crippen LogP contribution in [0.1, 0.15) is 56.9 Å². The van der Waals surface area contributed by atoms with Crippen molar-refractivity contribution in [1.82, 2.24) is 0 Å². The van der Waals surface area contributed by atoms with Crippen LogP contribution in [0.4, 0.5) is 0 Å². The van der Waals surface area contributed by atoms with Crippen molar-refractivity contribution in [3.63, 3.8) is 0 Å². The van der Waals surface area contributed by atoms with E-state index in [1.54, 1.807) is 0 Å². The van der Waals surface area contributed by atoms with E-state index in [9.17, 15) is 0 Å². The number of aryl methyl sites for hydroxylation is 2. The zero-order valence-corrected chi connectivity index (χ0v) is 26.3. The van der Waals surface area contributed by atoms with E-state index in [0.29, 0.717) is 5.92 Å². The first-order valence-corrected chi connectivity index (χ1v) is 15.2. The molecule has 194 valence electrons. The number of hydrogen-bond acceptors (Lipinski definition) is 0. The summed E-state index contributed by atoms with van der Waals surface area (Å²) in [6.45, 7) is 10.9. The van der Waals surface area contributed by atoms with Crippen LogP contribution >= 0.6 is 0 Å². The van der Waals surface area contributed by atoms with E-state index in [2.05, 4.69) is 150 Å². The van der Waals surface area contributed by atoms with Crippen LogP contribution in [0, 0.1) is 12.0 Å². The molecule has 1 unspecified atom stereocenters. The molecule has 1 aliphatic rings. The first-order valence-electron chi connectivity index (χ1n) is 14.0. The first-order chi connectivity index (χ1) is 18.9. The minimum atomic E-state index is 0.565. The predicted octanol–water partition coefficient (Wildman–Crippen LogP) is 9.97. The zero-order chi connectivity index (χ0) is 27.8. The van der Waals surface area contributed by atoms with Gasteiger partial charge in [0.25, 0.3) is 0 Å². The fraction of sp³-hybridized carbons (Fsp3) is 0.211. The van der Waals surface area contributed by atoms with Gasteiger partial charge < -0.3 is 0 Å². The Bertz CT molecular complexity index is 1500. The summed E-state index contributed by atoms with van der Waals surface area (Å²) in [4.78, 5) is 0. The van der Waals surface area contributed by atoms with Gasteiger partial charge in [0.15, 0.2) is 0 Å². The molecule has 1 aliphatic carbocycles. The molecule has 0 bridgehead atoms. The Morgan fingerprint density at radius 2 is 1.18 bits per heavy atom. The molecule has 0 aliphatic heterocycles. The van der Waals surface area contributed by atoms with E-state index in [4.69, 9.17) is 0 Å². The normalized spacial score (nSPS) is 14.2. The van der Waals surface area contributed by atoms with Crippen molar-refractivity contribution >= 4 is 24.8 Å². The third kappa shape index (κ3) is 7.34. The van der Waals surface area contributed by atoms with Crippen molar-refractivity contribution in [3.05, 3.63) is 149 Å². The minimum absolute atomic E-state index is 0.565. The second-order valence-electron chi connectivity index (χ2n) is 10.2. The Hall–Kier alpha value is -3.02. The molecule has 0 fully saturated rings. The van der Waals surface area contributed by atoms with Crippen molar-refractivity contribution in [1.29, 1.82) is 0 Å². The molecule has 0 N–H and O–H groups in total. The average molecular weight is 586 g/mol. The molecule has 0 saturated carbocycles. The summed E-state index contributed by atoms with van der Waals surface area (Å²) < 4.78 is 1.42. The molecule has 0 radical (unpaired) electrons. The molecule has 6 rings (SSSR count). The summed E-state index contributed by atoms with van der Waals surface area (Å²) in [5, 5.41) is 5.54. The van der Waals surface area contributed by atoms with Crippen LogP contribution in [0.3, 0.4) is 0 Å². The summed E-state index contributed by atoms with van der Waals surface area (Å²) in [5.41, 5.74) is 8.35. The summed E-state index contributed by atoms with van der Waals surface area (Å²) in [7, 11) is 0. The van der Waals surface area contributed by atoms with Gasteiger partial charge in [-0.25, -0.2) is 11.6 Å². The van der Waals surface area contributed by atoms with E-state index >= 15 is 0 Å². The Kier molecular flexibility index (Phi) is 10.3. The monoisotopic (exact) mass is 584 g/mol. The topological polar surface area (TPSA) is 0 Å². The van der Waals surface area contributed by atoms with E-state index in [1.807, 2.05) is 0 Å². The van der Waals surface area contributed by atoms with Crippen LogP contribution < -0.4 is 0 Å². The number of benzene rings is 4. The summed E-state index contributed by atoms with van der Waals surface area (Å²) in [6.07, 6.45) is 7.51. The van der Waals surface area contributed by atoms with Crippen molar-refractivity contribution in [2.75, 3.05) is 0 Å². The maximum absolute atomic E-state index is 3.22. The molecule has 39 heavy (non-hydrogen) atoms. The second-order valence-corrected chi connectivity index (χ2v) is 11.4. The Balaban J connectivity index is 0.000000145. The molecule has 1 heteroatoms. The number of hydrogen-bond donors (Lipinski definition) is 0. The fourth-order valence-corrected chi connectivity index (χ4v) is 5.59. The van der Waals surface area contributed by atoms with E-state index in [0.717, 1.165) is 12.8 Å². The molecule has 0 amide bonds. The Labute approximate surface area is 249 Å². The third-order valence-electron chi connectivity index (χ3n) is 7.60. The zero-order valence-electron chi connectivity index (χ0n) is 23.9. The van der Waals surface area contributed by atoms with Gasteiger partial charge in [-0.05, 0) is 12.8 Å². The molecule has 0 aromatic heterocycles. The molecule has 5 aromatic carbocycles. The number of allylic oxidation sites excluding steroid dienone is 4. The van der Waals surface area contributed by atoms with Crippen LogP contribution in [-0.4, -0.2) is 3.21 Å². The van der Waals surface area contributed by atoms with Crippen LogP contribution in [0.25, 0.3) is 21.5 Å². The van der Waals surface area contributed by atoms with Crippen molar-refractivity contribution < 1.29 is 24.2 Å². The number of rotatable bonds is 4. The van der Waals surface area contributed by atoms with Gasteiger partial charge in [-0.2, -0.15) is 5.57 Å². The quantitative estimate of drug-likeness (QED) is 0.184. The molecular formula is C38H38Zr. The van der Waals surface area contributed by atoms with Gasteiger partial charge in [-0.1, -0.05) is 69.0 Å².